The molecule has 1 aliphatic carbocycles. The number of hydrogen-bond donors (Lipinski definition) is 2. The van der Waals surface area contributed by atoms with Gasteiger partial charge in [0.25, 0.3) is 5.91 Å². The maximum absolute atomic E-state index is 12.8. The summed E-state index contributed by atoms with van der Waals surface area (Å²) in [6.45, 7) is 5.26. The quantitative estimate of drug-likeness (QED) is 0.503. The van der Waals surface area contributed by atoms with Crippen LogP contribution in [0.5, 0.6) is 0 Å². The molecule has 0 bridgehead atoms. The summed E-state index contributed by atoms with van der Waals surface area (Å²) in [6.07, 6.45) is 0. The number of rotatable bonds is 4. The summed E-state index contributed by atoms with van der Waals surface area (Å²) < 4.78 is 27.7. The normalized spacial score (nSPS) is 12.9. The van der Waals surface area contributed by atoms with Crippen molar-refractivity contribution in [2.75, 3.05) is 5.32 Å². The van der Waals surface area contributed by atoms with Gasteiger partial charge >= 0.3 is 0 Å². The van der Waals surface area contributed by atoms with E-state index in [4.69, 9.17) is 0 Å². The Bertz CT molecular complexity index is 1320. The second kappa shape index (κ2) is 7.44. The number of carbonyl (C=O) groups is 2. The van der Waals surface area contributed by atoms with Crippen LogP contribution >= 0.6 is 0 Å². The van der Waals surface area contributed by atoms with Crippen LogP contribution in [0.3, 0.4) is 0 Å². The number of fused-ring (bicyclic) bond motifs is 3. The molecule has 31 heavy (non-hydrogen) atoms. The summed E-state index contributed by atoms with van der Waals surface area (Å²) in [6, 6.07) is 18.4. The topological polar surface area (TPSA) is 92.3 Å². The van der Waals surface area contributed by atoms with E-state index in [2.05, 4.69) is 10.0 Å². The van der Waals surface area contributed by atoms with Crippen molar-refractivity contribution in [1.29, 1.82) is 0 Å². The number of carbonyl (C=O) groups excluding carboxylic acids is 2. The van der Waals surface area contributed by atoms with E-state index in [9.17, 15) is 18.0 Å². The molecule has 0 heterocycles. The van der Waals surface area contributed by atoms with Gasteiger partial charge in [-0.05, 0) is 62.2 Å². The summed E-state index contributed by atoms with van der Waals surface area (Å²) >= 11 is 0. The van der Waals surface area contributed by atoms with Crippen molar-refractivity contribution in [3.63, 3.8) is 0 Å². The predicted molar refractivity (Wildman–Crippen MR) is 120 cm³/mol. The van der Waals surface area contributed by atoms with Crippen LogP contribution in [-0.4, -0.2) is 25.6 Å². The Morgan fingerprint density at radius 3 is 2.19 bits per heavy atom. The fourth-order valence-electron chi connectivity index (χ4n) is 3.58. The van der Waals surface area contributed by atoms with Crippen molar-refractivity contribution in [3.05, 3.63) is 83.4 Å². The standard InChI is InChI=1S/C24H22N2O4S/c1-24(2,3)26-31(29,30)17-8-6-7-16(14-17)25-23(28)15-11-12-19-18-9-4-5-10-20(18)22(27)21(19)13-15/h4-14,26H,1-3H3,(H,25,28). The third kappa shape index (κ3) is 4.15. The summed E-state index contributed by atoms with van der Waals surface area (Å²) in [4.78, 5) is 25.5. The van der Waals surface area contributed by atoms with Gasteiger partial charge in [0.1, 0.15) is 0 Å². The number of ketones is 1. The van der Waals surface area contributed by atoms with Crippen molar-refractivity contribution in [2.45, 2.75) is 31.2 Å². The van der Waals surface area contributed by atoms with E-state index in [0.717, 1.165) is 11.1 Å². The van der Waals surface area contributed by atoms with Crippen LogP contribution in [0, 0.1) is 0 Å². The van der Waals surface area contributed by atoms with Crippen LogP contribution in [0.1, 0.15) is 47.1 Å². The summed E-state index contributed by atoms with van der Waals surface area (Å²) in [5, 5.41) is 2.72. The molecule has 3 aromatic rings. The average molecular weight is 435 g/mol. The van der Waals surface area contributed by atoms with Crippen molar-refractivity contribution < 1.29 is 18.0 Å². The molecule has 7 heteroatoms. The van der Waals surface area contributed by atoms with Gasteiger partial charge in [0, 0.05) is 27.9 Å². The Morgan fingerprint density at radius 1 is 0.806 bits per heavy atom. The number of anilines is 1. The van der Waals surface area contributed by atoms with E-state index in [1.165, 1.54) is 12.1 Å². The van der Waals surface area contributed by atoms with Crippen LogP contribution in [0.15, 0.2) is 71.6 Å². The molecule has 0 saturated heterocycles. The highest BCUT2D eigenvalue weighted by atomic mass is 32.2. The van der Waals surface area contributed by atoms with Crippen LogP contribution in [-0.2, 0) is 10.0 Å². The van der Waals surface area contributed by atoms with Crippen molar-refractivity contribution in [1.82, 2.24) is 4.72 Å². The van der Waals surface area contributed by atoms with E-state index in [-0.39, 0.29) is 10.7 Å². The first-order valence-corrected chi connectivity index (χ1v) is 11.3. The number of hydrogen-bond acceptors (Lipinski definition) is 4. The molecule has 0 spiro atoms. The monoisotopic (exact) mass is 434 g/mol. The number of amides is 1. The fourth-order valence-corrected chi connectivity index (χ4v) is 5.04. The molecular formula is C24H22N2O4S. The molecule has 1 amide bonds. The zero-order valence-corrected chi connectivity index (χ0v) is 18.2. The van der Waals surface area contributed by atoms with E-state index < -0.39 is 21.5 Å². The van der Waals surface area contributed by atoms with Crippen LogP contribution in [0.2, 0.25) is 0 Å². The fraction of sp³-hybridized carbons (Fsp3) is 0.167. The molecule has 1 aliphatic rings. The summed E-state index contributed by atoms with van der Waals surface area (Å²) in [7, 11) is -3.73. The van der Waals surface area contributed by atoms with E-state index in [1.54, 1.807) is 57.2 Å². The molecule has 0 unspecified atom stereocenters. The minimum absolute atomic E-state index is 0.0554. The number of sulfonamides is 1. The highest BCUT2D eigenvalue weighted by molar-refractivity contribution is 7.89. The SMILES string of the molecule is CC(C)(C)NS(=O)(=O)c1cccc(NC(=O)c2ccc3c(c2)C(=O)c2ccccc2-3)c1. The van der Waals surface area contributed by atoms with Crippen molar-refractivity contribution in [3.8, 4) is 11.1 Å². The molecule has 0 radical (unpaired) electrons. The molecule has 6 nitrogen and oxygen atoms in total. The van der Waals surface area contributed by atoms with Crippen LogP contribution in [0.4, 0.5) is 5.69 Å². The Hall–Kier alpha value is -3.29. The predicted octanol–water partition coefficient (Wildman–Crippen LogP) is 4.23. The van der Waals surface area contributed by atoms with Crippen molar-refractivity contribution >= 4 is 27.4 Å². The smallest absolute Gasteiger partial charge is 0.255 e. The second-order valence-corrected chi connectivity index (χ2v) is 10.2. The maximum atomic E-state index is 12.8. The molecule has 0 saturated carbocycles. The van der Waals surface area contributed by atoms with Gasteiger partial charge in [-0.1, -0.05) is 36.4 Å². The third-order valence-corrected chi connectivity index (χ3v) is 6.59. The van der Waals surface area contributed by atoms with Gasteiger partial charge in [-0.25, -0.2) is 13.1 Å². The molecule has 0 aromatic heterocycles. The number of benzene rings is 3. The van der Waals surface area contributed by atoms with E-state index in [0.29, 0.717) is 22.4 Å². The largest absolute Gasteiger partial charge is 0.322 e. The Morgan fingerprint density at radius 2 is 1.48 bits per heavy atom. The Kier molecular flexibility index (Phi) is 5.03. The highest BCUT2D eigenvalue weighted by Gasteiger charge is 2.27. The summed E-state index contributed by atoms with van der Waals surface area (Å²) in [5.74, 6) is -0.536. The zero-order chi connectivity index (χ0) is 22.4. The lowest BCUT2D eigenvalue weighted by molar-refractivity contribution is 0.102. The van der Waals surface area contributed by atoms with Crippen molar-refractivity contribution in [2.24, 2.45) is 0 Å². The molecule has 0 aliphatic heterocycles. The molecule has 2 N–H and O–H groups in total. The van der Waals surface area contributed by atoms with Gasteiger partial charge in [0.2, 0.25) is 10.0 Å². The van der Waals surface area contributed by atoms with Gasteiger partial charge in [-0.15, -0.1) is 0 Å². The van der Waals surface area contributed by atoms with Gasteiger partial charge in [-0.3, -0.25) is 9.59 Å². The van der Waals surface area contributed by atoms with E-state index >= 15 is 0 Å². The first kappa shape index (κ1) is 21.0. The number of nitrogens with one attached hydrogen (secondary N) is 2. The molecule has 4 rings (SSSR count). The molecular weight excluding hydrogens is 412 g/mol. The lowest BCUT2D eigenvalue weighted by Gasteiger charge is -2.20. The van der Waals surface area contributed by atoms with Crippen LogP contribution in [0.25, 0.3) is 11.1 Å². The summed E-state index contributed by atoms with van der Waals surface area (Å²) in [5.41, 5.74) is 2.81. The molecule has 0 atom stereocenters. The van der Waals surface area contributed by atoms with Gasteiger partial charge in [0.05, 0.1) is 4.90 Å². The van der Waals surface area contributed by atoms with Gasteiger partial charge < -0.3 is 5.32 Å². The third-order valence-electron chi connectivity index (χ3n) is 4.83. The molecule has 3 aromatic carbocycles. The average Bonchev–Trinajstić information content (AvgIpc) is 2.99. The van der Waals surface area contributed by atoms with E-state index in [1.807, 2.05) is 18.2 Å². The lowest BCUT2D eigenvalue weighted by atomic mass is 10.0. The Balaban J connectivity index is 1.59. The minimum Gasteiger partial charge on any atom is -0.322 e. The lowest BCUT2D eigenvalue weighted by Crippen LogP contribution is -2.40. The zero-order valence-electron chi connectivity index (χ0n) is 17.4. The highest BCUT2D eigenvalue weighted by Crippen LogP contribution is 2.36. The Labute approximate surface area is 181 Å². The van der Waals surface area contributed by atoms with Crippen LogP contribution < -0.4 is 10.0 Å². The second-order valence-electron chi connectivity index (χ2n) is 8.47. The first-order valence-electron chi connectivity index (χ1n) is 9.79. The first-order chi connectivity index (χ1) is 14.5. The minimum atomic E-state index is -3.73. The molecule has 0 fully saturated rings. The molecule has 158 valence electrons. The maximum Gasteiger partial charge on any atom is 0.255 e. The van der Waals surface area contributed by atoms with Gasteiger partial charge in [0.15, 0.2) is 5.78 Å². The van der Waals surface area contributed by atoms with Gasteiger partial charge in [-0.2, -0.15) is 0 Å².